The van der Waals surface area contributed by atoms with Crippen LogP contribution >= 0.6 is 15.9 Å². The lowest BCUT2D eigenvalue weighted by Gasteiger charge is -2.12. The number of allylic oxidation sites excluding steroid dienone is 2. The van der Waals surface area contributed by atoms with E-state index in [0.29, 0.717) is 12.3 Å². The molecule has 0 aromatic heterocycles. The van der Waals surface area contributed by atoms with E-state index in [1.54, 1.807) is 0 Å². The van der Waals surface area contributed by atoms with Gasteiger partial charge in [0, 0.05) is 6.42 Å². The highest BCUT2D eigenvalue weighted by atomic mass is 79.9. The molecule has 0 bridgehead atoms. The van der Waals surface area contributed by atoms with Gasteiger partial charge < -0.3 is 5.73 Å². The van der Waals surface area contributed by atoms with Crippen LogP contribution in [0.2, 0.25) is 0 Å². The van der Waals surface area contributed by atoms with Gasteiger partial charge in [0.25, 0.3) is 0 Å². The SMILES string of the molecule is NC1=NC(Br)=CC(c2ccccc2)=C(c2ccccc2)C1. The Morgan fingerprint density at radius 3 is 2.05 bits per heavy atom. The summed E-state index contributed by atoms with van der Waals surface area (Å²) in [4.78, 5) is 4.36. The standard InChI is InChI=1S/C18H15BrN2/c19-17-11-15(13-7-3-1-4-8-13)16(12-18(20)21-17)14-9-5-2-6-10-14/h1-11H,12H2,(H2,20,21). The largest absolute Gasteiger partial charge is 0.387 e. The molecule has 3 rings (SSSR count). The second-order valence-electron chi connectivity index (χ2n) is 4.87. The Morgan fingerprint density at radius 2 is 1.43 bits per heavy atom. The minimum absolute atomic E-state index is 0.614. The van der Waals surface area contributed by atoms with E-state index in [1.807, 2.05) is 42.5 Å². The van der Waals surface area contributed by atoms with E-state index in [-0.39, 0.29) is 0 Å². The molecule has 3 heteroatoms. The summed E-state index contributed by atoms with van der Waals surface area (Å²) in [5.74, 6) is 0.614. The molecule has 21 heavy (non-hydrogen) atoms. The Hall–Kier alpha value is -2.13. The van der Waals surface area contributed by atoms with Crippen LogP contribution in [0.25, 0.3) is 11.1 Å². The first-order valence-electron chi connectivity index (χ1n) is 6.78. The first-order valence-corrected chi connectivity index (χ1v) is 7.57. The fourth-order valence-electron chi connectivity index (χ4n) is 2.46. The highest BCUT2D eigenvalue weighted by Crippen LogP contribution is 2.33. The lowest BCUT2D eigenvalue weighted by atomic mass is 9.92. The van der Waals surface area contributed by atoms with Crippen molar-refractivity contribution in [3.05, 3.63) is 82.5 Å². The number of rotatable bonds is 2. The molecule has 0 aliphatic carbocycles. The number of amidine groups is 1. The average Bonchev–Trinajstić information content (AvgIpc) is 2.67. The predicted octanol–water partition coefficient (Wildman–Crippen LogP) is 4.59. The van der Waals surface area contributed by atoms with E-state index < -0.39 is 0 Å². The number of hydrogen-bond acceptors (Lipinski definition) is 2. The van der Waals surface area contributed by atoms with Crippen LogP contribution in [0.3, 0.4) is 0 Å². The summed E-state index contributed by atoms with van der Waals surface area (Å²) < 4.78 is 0.754. The highest BCUT2D eigenvalue weighted by Gasteiger charge is 2.15. The number of halogens is 1. The zero-order valence-corrected chi connectivity index (χ0v) is 13.0. The van der Waals surface area contributed by atoms with Crippen molar-refractivity contribution in [2.24, 2.45) is 10.7 Å². The first-order chi connectivity index (χ1) is 10.2. The third kappa shape index (κ3) is 3.14. The molecule has 0 radical (unpaired) electrons. The van der Waals surface area contributed by atoms with Crippen molar-refractivity contribution in [2.75, 3.05) is 0 Å². The first kappa shape index (κ1) is 13.8. The van der Waals surface area contributed by atoms with Gasteiger partial charge in [-0.25, -0.2) is 4.99 Å². The minimum Gasteiger partial charge on any atom is -0.387 e. The van der Waals surface area contributed by atoms with Gasteiger partial charge >= 0.3 is 0 Å². The van der Waals surface area contributed by atoms with Crippen LogP contribution in [-0.2, 0) is 0 Å². The Bertz CT molecular complexity index is 728. The van der Waals surface area contributed by atoms with Crippen LogP contribution in [-0.4, -0.2) is 5.84 Å². The van der Waals surface area contributed by atoms with Crippen molar-refractivity contribution in [3.8, 4) is 0 Å². The smallest absolute Gasteiger partial charge is 0.108 e. The molecule has 1 aliphatic heterocycles. The topological polar surface area (TPSA) is 38.4 Å². The van der Waals surface area contributed by atoms with Gasteiger partial charge in [-0.2, -0.15) is 0 Å². The molecular formula is C18H15BrN2. The van der Waals surface area contributed by atoms with Crippen molar-refractivity contribution in [1.82, 2.24) is 0 Å². The van der Waals surface area contributed by atoms with Crippen LogP contribution in [0, 0.1) is 0 Å². The van der Waals surface area contributed by atoms with Gasteiger partial charge in [-0.1, -0.05) is 60.7 Å². The minimum atomic E-state index is 0.614. The predicted molar refractivity (Wildman–Crippen MR) is 92.9 cm³/mol. The number of nitrogens with zero attached hydrogens (tertiary/aromatic N) is 1. The highest BCUT2D eigenvalue weighted by molar-refractivity contribution is 9.11. The van der Waals surface area contributed by atoms with Crippen molar-refractivity contribution in [2.45, 2.75) is 6.42 Å². The van der Waals surface area contributed by atoms with E-state index in [9.17, 15) is 0 Å². The van der Waals surface area contributed by atoms with E-state index in [1.165, 1.54) is 16.7 Å². The summed E-state index contributed by atoms with van der Waals surface area (Å²) >= 11 is 3.48. The summed E-state index contributed by atoms with van der Waals surface area (Å²) in [5.41, 5.74) is 10.7. The Morgan fingerprint density at radius 1 is 0.857 bits per heavy atom. The maximum Gasteiger partial charge on any atom is 0.108 e. The third-order valence-corrected chi connectivity index (χ3v) is 3.81. The molecule has 0 atom stereocenters. The van der Waals surface area contributed by atoms with Crippen molar-refractivity contribution in [3.63, 3.8) is 0 Å². The third-order valence-electron chi connectivity index (χ3n) is 3.40. The summed E-state index contributed by atoms with van der Waals surface area (Å²) in [6, 6.07) is 20.6. The molecule has 2 nitrogen and oxygen atoms in total. The van der Waals surface area contributed by atoms with Crippen LogP contribution in [0.4, 0.5) is 0 Å². The van der Waals surface area contributed by atoms with Gasteiger partial charge in [-0.3, -0.25) is 0 Å². The number of nitrogens with two attached hydrogens (primary N) is 1. The monoisotopic (exact) mass is 338 g/mol. The molecule has 2 aromatic carbocycles. The molecule has 1 aliphatic rings. The Labute approximate surface area is 132 Å². The number of hydrogen-bond donors (Lipinski definition) is 1. The lowest BCUT2D eigenvalue weighted by Crippen LogP contribution is -2.11. The van der Waals surface area contributed by atoms with Crippen molar-refractivity contribution < 1.29 is 0 Å². The zero-order valence-electron chi connectivity index (χ0n) is 11.5. The molecule has 104 valence electrons. The van der Waals surface area contributed by atoms with Crippen molar-refractivity contribution in [1.29, 1.82) is 0 Å². The molecule has 0 amide bonds. The van der Waals surface area contributed by atoms with Gasteiger partial charge in [0.1, 0.15) is 10.4 Å². The van der Waals surface area contributed by atoms with Gasteiger partial charge in [0.2, 0.25) is 0 Å². The second kappa shape index (κ2) is 6.10. The Kier molecular flexibility index (Phi) is 4.02. The lowest BCUT2D eigenvalue weighted by molar-refractivity contribution is 1.37. The van der Waals surface area contributed by atoms with Gasteiger partial charge in [0.15, 0.2) is 0 Å². The molecule has 1 heterocycles. The van der Waals surface area contributed by atoms with E-state index >= 15 is 0 Å². The van der Waals surface area contributed by atoms with E-state index in [4.69, 9.17) is 5.73 Å². The van der Waals surface area contributed by atoms with Crippen LogP contribution in [0.15, 0.2) is 76.3 Å². The summed E-state index contributed by atoms with van der Waals surface area (Å²) in [6.45, 7) is 0. The zero-order chi connectivity index (χ0) is 14.7. The van der Waals surface area contributed by atoms with Crippen molar-refractivity contribution >= 4 is 32.9 Å². The maximum absolute atomic E-state index is 6.04. The number of aliphatic imine (C=N–C) groups is 1. The number of benzene rings is 2. The fourth-order valence-corrected chi connectivity index (χ4v) is 2.92. The Balaban J connectivity index is 2.23. The quantitative estimate of drug-likeness (QED) is 0.798. The maximum atomic E-state index is 6.04. The van der Waals surface area contributed by atoms with Crippen LogP contribution in [0.1, 0.15) is 17.5 Å². The molecule has 0 saturated heterocycles. The van der Waals surface area contributed by atoms with Crippen LogP contribution < -0.4 is 5.73 Å². The molecule has 2 N–H and O–H groups in total. The molecular weight excluding hydrogens is 324 g/mol. The second-order valence-corrected chi connectivity index (χ2v) is 5.68. The fraction of sp³-hybridized carbons (Fsp3) is 0.0556. The molecule has 0 fully saturated rings. The van der Waals surface area contributed by atoms with E-state index in [0.717, 1.165) is 10.2 Å². The average molecular weight is 339 g/mol. The van der Waals surface area contributed by atoms with E-state index in [2.05, 4.69) is 45.2 Å². The van der Waals surface area contributed by atoms with Gasteiger partial charge in [-0.05, 0) is 44.3 Å². The summed E-state index contributed by atoms with van der Waals surface area (Å²) in [6.07, 6.45) is 2.68. The van der Waals surface area contributed by atoms with Gasteiger partial charge in [-0.15, -0.1) is 0 Å². The molecule has 2 aromatic rings. The summed E-state index contributed by atoms with van der Waals surface area (Å²) in [5, 5.41) is 0. The normalized spacial score (nSPS) is 15.3. The van der Waals surface area contributed by atoms with Gasteiger partial charge in [0.05, 0.1) is 0 Å². The molecule has 0 spiro atoms. The van der Waals surface area contributed by atoms with Crippen LogP contribution in [0.5, 0.6) is 0 Å². The molecule has 0 saturated carbocycles. The summed E-state index contributed by atoms with van der Waals surface area (Å²) in [7, 11) is 0. The molecule has 0 unspecified atom stereocenters.